The number of para-hydroxylation sites is 1. The number of phenolic OH excluding ortho intramolecular Hbond substituents is 1. The van der Waals surface area contributed by atoms with Crippen molar-refractivity contribution < 1.29 is 14.3 Å². The summed E-state index contributed by atoms with van der Waals surface area (Å²) < 4.78 is 12.9. The smallest absolute Gasteiger partial charge is 0.271 e. The monoisotopic (exact) mass is 374 g/mol. The van der Waals surface area contributed by atoms with Gasteiger partial charge < -0.3 is 10.1 Å². The van der Waals surface area contributed by atoms with E-state index in [4.69, 9.17) is 0 Å². The van der Waals surface area contributed by atoms with Gasteiger partial charge in [-0.1, -0.05) is 24.3 Å². The lowest BCUT2D eigenvalue weighted by Gasteiger charge is -2.00. The molecule has 4 aromatic rings. The summed E-state index contributed by atoms with van der Waals surface area (Å²) in [6.07, 6.45) is 1.43. The lowest BCUT2D eigenvalue weighted by atomic mass is 10.2. The first-order valence-electron chi connectivity index (χ1n) is 8.47. The second-order valence-electron chi connectivity index (χ2n) is 6.09. The van der Waals surface area contributed by atoms with Crippen LogP contribution < -0.4 is 5.43 Å². The second-order valence-corrected chi connectivity index (χ2v) is 6.09. The van der Waals surface area contributed by atoms with Gasteiger partial charge in [0, 0.05) is 5.56 Å². The molecule has 1 amide bonds. The highest BCUT2D eigenvalue weighted by Crippen LogP contribution is 2.28. The highest BCUT2D eigenvalue weighted by atomic mass is 19.1. The number of carbonyl (C=O) groups excluding carboxylic acids is 1. The Morgan fingerprint density at radius 1 is 1.11 bits per heavy atom. The Labute approximate surface area is 159 Å². The molecule has 0 spiro atoms. The van der Waals surface area contributed by atoms with Crippen LogP contribution >= 0.6 is 0 Å². The van der Waals surface area contributed by atoms with Gasteiger partial charge in [-0.05, 0) is 48.0 Å². The summed E-state index contributed by atoms with van der Waals surface area (Å²) in [5.41, 5.74) is 5.41. The molecule has 0 radical (unpaired) electrons. The van der Waals surface area contributed by atoms with Gasteiger partial charge >= 0.3 is 0 Å². The van der Waals surface area contributed by atoms with Crippen LogP contribution in [0.5, 0.6) is 5.75 Å². The van der Waals surface area contributed by atoms with E-state index in [0.717, 1.165) is 0 Å². The molecular weight excluding hydrogens is 359 g/mol. The molecule has 0 bridgehead atoms. The minimum Gasteiger partial charge on any atom is -0.507 e. The van der Waals surface area contributed by atoms with E-state index >= 15 is 0 Å². The zero-order valence-corrected chi connectivity index (χ0v) is 14.6. The lowest BCUT2D eigenvalue weighted by molar-refractivity contribution is 0.0955. The van der Waals surface area contributed by atoms with Crippen LogP contribution in [0.4, 0.5) is 4.39 Å². The average molecular weight is 374 g/mol. The van der Waals surface area contributed by atoms with Crippen molar-refractivity contribution in [2.45, 2.75) is 0 Å². The van der Waals surface area contributed by atoms with Crippen LogP contribution in [0.15, 0.2) is 71.8 Å². The Morgan fingerprint density at radius 2 is 1.89 bits per heavy atom. The molecule has 7 heteroatoms. The molecule has 28 heavy (non-hydrogen) atoms. The highest BCUT2D eigenvalue weighted by molar-refractivity contribution is 5.98. The van der Waals surface area contributed by atoms with E-state index in [1.807, 2.05) is 0 Å². The molecular formula is C21H15FN4O2. The maximum Gasteiger partial charge on any atom is 0.271 e. The number of aromatic hydroxyl groups is 1. The van der Waals surface area contributed by atoms with Gasteiger partial charge in [-0.2, -0.15) is 5.10 Å². The van der Waals surface area contributed by atoms with Gasteiger partial charge in [-0.25, -0.2) is 14.8 Å². The highest BCUT2D eigenvalue weighted by Gasteiger charge is 2.11. The van der Waals surface area contributed by atoms with Gasteiger partial charge in [0.25, 0.3) is 5.91 Å². The largest absolute Gasteiger partial charge is 0.507 e. The zero-order chi connectivity index (χ0) is 19.5. The minimum absolute atomic E-state index is 0.120. The number of imidazole rings is 1. The van der Waals surface area contributed by atoms with E-state index in [0.29, 0.717) is 33.5 Å². The Hall–Kier alpha value is -4.00. The van der Waals surface area contributed by atoms with Crippen LogP contribution in [0.3, 0.4) is 0 Å². The summed E-state index contributed by atoms with van der Waals surface area (Å²) in [6, 6.07) is 17.6. The second kappa shape index (κ2) is 7.32. The van der Waals surface area contributed by atoms with Gasteiger partial charge in [-0.15, -0.1) is 0 Å². The van der Waals surface area contributed by atoms with E-state index in [1.165, 1.54) is 18.3 Å². The lowest BCUT2D eigenvalue weighted by Crippen LogP contribution is -2.17. The Balaban J connectivity index is 1.53. The van der Waals surface area contributed by atoms with Crippen LogP contribution in [0, 0.1) is 5.82 Å². The number of benzene rings is 3. The summed E-state index contributed by atoms with van der Waals surface area (Å²) in [6.45, 7) is 0. The van der Waals surface area contributed by atoms with Crippen molar-refractivity contribution in [3.8, 4) is 17.1 Å². The Morgan fingerprint density at radius 3 is 2.68 bits per heavy atom. The molecule has 0 saturated carbocycles. The Bertz CT molecular complexity index is 1180. The van der Waals surface area contributed by atoms with Crippen molar-refractivity contribution in [3.63, 3.8) is 0 Å². The number of amides is 1. The molecule has 0 aliphatic heterocycles. The number of phenols is 1. The zero-order valence-electron chi connectivity index (χ0n) is 14.6. The van der Waals surface area contributed by atoms with Crippen LogP contribution in [-0.2, 0) is 0 Å². The average Bonchev–Trinajstić information content (AvgIpc) is 3.12. The maximum atomic E-state index is 12.9. The van der Waals surface area contributed by atoms with Crippen LogP contribution in [-0.4, -0.2) is 27.2 Å². The number of aromatic amines is 1. The van der Waals surface area contributed by atoms with Crippen molar-refractivity contribution >= 4 is 23.2 Å². The van der Waals surface area contributed by atoms with Crippen molar-refractivity contribution in [3.05, 3.63) is 83.7 Å². The molecule has 1 heterocycles. The number of hydrazone groups is 1. The third-order valence-electron chi connectivity index (χ3n) is 4.15. The molecule has 138 valence electrons. The number of carbonyl (C=O) groups is 1. The van der Waals surface area contributed by atoms with Crippen LogP contribution in [0.25, 0.3) is 22.4 Å². The molecule has 0 atom stereocenters. The quantitative estimate of drug-likeness (QED) is 0.374. The van der Waals surface area contributed by atoms with Gasteiger partial charge in [0.05, 0.1) is 22.8 Å². The number of aromatic nitrogens is 2. The third-order valence-corrected chi connectivity index (χ3v) is 4.15. The molecule has 0 aliphatic rings. The molecule has 0 aliphatic carbocycles. The molecule has 3 N–H and O–H groups in total. The summed E-state index contributed by atoms with van der Waals surface area (Å²) in [7, 11) is 0. The fourth-order valence-corrected chi connectivity index (χ4v) is 2.73. The number of fused-ring (bicyclic) bond motifs is 1. The molecule has 4 rings (SSSR count). The number of hydrogen-bond acceptors (Lipinski definition) is 4. The predicted octanol–water partition coefficient (Wildman–Crippen LogP) is 3.84. The predicted molar refractivity (Wildman–Crippen MR) is 105 cm³/mol. The maximum absolute atomic E-state index is 12.9. The number of nitrogens with one attached hydrogen (secondary N) is 2. The molecule has 3 aromatic carbocycles. The summed E-state index contributed by atoms with van der Waals surface area (Å²) >= 11 is 0. The van der Waals surface area contributed by atoms with Gasteiger partial charge in [0.2, 0.25) is 0 Å². The number of rotatable bonds is 4. The first-order chi connectivity index (χ1) is 13.6. The van der Waals surface area contributed by atoms with E-state index < -0.39 is 0 Å². The number of H-pyrrole nitrogens is 1. The number of nitrogens with zero attached hydrogens (tertiary/aromatic N) is 2. The standard InChI is InChI=1S/C21H15FN4O2/c22-15-8-5-13(6-9-15)12-23-26-21(28)14-7-10-17-18(11-14)25-20(24-17)16-3-1-2-4-19(16)27/h1-12,27H,(H,24,25)(H,26,28)/b23-12+. The van der Waals surface area contributed by atoms with Crippen molar-refractivity contribution in [2.24, 2.45) is 5.10 Å². The van der Waals surface area contributed by atoms with Crippen molar-refractivity contribution in [1.82, 2.24) is 15.4 Å². The number of hydrogen-bond donors (Lipinski definition) is 3. The van der Waals surface area contributed by atoms with E-state index in [2.05, 4.69) is 20.5 Å². The molecule has 6 nitrogen and oxygen atoms in total. The van der Waals surface area contributed by atoms with Gasteiger partial charge in [-0.3, -0.25) is 4.79 Å². The topological polar surface area (TPSA) is 90.4 Å². The minimum atomic E-state index is -0.390. The fraction of sp³-hybridized carbons (Fsp3) is 0. The van der Waals surface area contributed by atoms with Crippen LogP contribution in [0.1, 0.15) is 15.9 Å². The Kier molecular flexibility index (Phi) is 4.55. The SMILES string of the molecule is O=C(N/N=C/c1ccc(F)cc1)c1ccc2nc(-c3ccccc3O)[nH]c2c1. The normalized spacial score (nSPS) is 11.2. The molecule has 0 fully saturated rings. The first-order valence-corrected chi connectivity index (χ1v) is 8.47. The van der Waals surface area contributed by atoms with Crippen molar-refractivity contribution in [1.29, 1.82) is 0 Å². The van der Waals surface area contributed by atoms with E-state index in [1.54, 1.807) is 54.6 Å². The molecule has 0 saturated heterocycles. The first kappa shape index (κ1) is 17.4. The van der Waals surface area contributed by atoms with Gasteiger partial charge in [0.1, 0.15) is 17.4 Å². The van der Waals surface area contributed by atoms with Crippen molar-refractivity contribution in [2.75, 3.05) is 0 Å². The molecule has 1 aromatic heterocycles. The summed E-state index contributed by atoms with van der Waals surface area (Å²) in [4.78, 5) is 19.9. The summed E-state index contributed by atoms with van der Waals surface area (Å²) in [5, 5.41) is 13.9. The third kappa shape index (κ3) is 3.59. The summed E-state index contributed by atoms with van der Waals surface area (Å²) in [5.74, 6) is -0.0918. The van der Waals surface area contributed by atoms with Gasteiger partial charge in [0.15, 0.2) is 0 Å². The van der Waals surface area contributed by atoms with E-state index in [9.17, 15) is 14.3 Å². The number of halogens is 1. The fourth-order valence-electron chi connectivity index (χ4n) is 2.73. The van der Waals surface area contributed by atoms with E-state index in [-0.39, 0.29) is 17.5 Å². The molecule has 0 unspecified atom stereocenters. The van der Waals surface area contributed by atoms with Crippen LogP contribution in [0.2, 0.25) is 0 Å².